The Kier molecular flexibility index (Phi) is 5.98. The average Bonchev–Trinajstić information content (AvgIpc) is 3.59. The number of fused-ring (bicyclic) bond motifs is 2. The van der Waals surface area contributed by atoms with E-state index in [0.29, 0.717) is 43.3 Å². The van der Waals surface area contributed by atoms with Gasteiger partial charge in [-0.05, 0) is 43.2 Å². The predicted octanol–water partition coefficient (Wildman–Crippen LogP) is 3.93. The standard InChI is InChI=1S/C26H25FN6O2S/c1-17-2-4-19(5-3-17)36(34)32-11-8-18(9-12-32)21-14-28-26(33-16-30-31-25(21)33)29-15-22-20-10-13-35-24(20)7-6-23(22)27/h2-8,14,16H,9-13,15H2,1H3,(H,28,29). The summed E-state index contributed by atoms with van der Waals surface area (Å²) in [6.45, 7) is 4.09. The predicted molar refractivity (Wildman–Crippen MR) is 135 cm³/mol. The van der Waals surface area contributed by atoms with Gasteiger partial charge in [0.15, 0.2) is 5.65 Å². The normalized spacial score (nSPS) is 16.4. The third kappa shape index (κ3) is 4.16. The molecule has 0 spiro atoms. The van der Waals surface area contributed by atoms with Crippen LogP contribution in [-0.2, 0) is 24.0 Å². The Labute approximate surface area is 210 Å². The van der Waals surface area contributed by atoms with Gasteiger partial charge in [0.25, 0.3) is 0 Å². The zero-order valence-corrected chi connectivity index (χ0v) is 20.6. The van der Waals surface area contributed by atoms with Crippen molar-refractivity contribution in [2.24, 2.45) is 0 Å². The van der Waals surface area contributed by atoms with E-state index in [9.17, 15) is 8.60 Å². The molecular weight excluding hydrogens is 479 g/mol. The lowest BCUT2D eigenvalue weighted by Crippen LogP contribution is -2.30. The highest BCUT2D eigenvalue weighted by Gasteiger charge is 2.23. The summed E-state index contributed by atoms with van der Waals surface area (Å²) in [5, 5.41) is 11.7. The topological polar surface area (TPSA) is 84.7 Å². The third-order valence-corrected chi connectivity index (χ3v) is 8.15. The second kappa shape index (κ2) is 9.44. The molecule has 1 unspecified atom stereocenters. The monoisotopic (exact) mass is 504 g/mol. The fourth-order valence-electron chi connectivity index (χ4n) is 4.70. The van der Waals surface area contributed by atoms with E-state index in [0.717, 1.165) is 39.3 Å². The van der Waals surface area contributed by atoms with Gasteiger partial charge in [-0.2, -0.15) is 0 Å². The van der Waals surface area contributed by atoms with Crippen LogP contribution in [0.5, 0.6) is 5.75 Å². The summed E-state index contributed by atoms with van der Waals surface area (Å²) in [6, 6.07) is 10.9. The molecular formula is C26H25FN6O2S. The molecule has 0 radical (unpaired) electrons. The maximum absolute atomic E-state index is 14.5. The Morgan fingerprint density at radius 3 is 2.83 bits per heavy atom. The van der Waals surface area contributed by atoms with Gasteiger partial charge in [0.1, 0.15) is 28.9 Å². The maximum Gasteiger partial charge on any atom is 0.210 e. The van der Waals surface area contributed by atoms with Crippen LogP contribution in [0.15, 0.2) is 59.9 Å². The molecule has 2 aliphatic rings. The Morgan fingerprint density at radius 1 is 1.17 bits per heavy atom. The number of nitrogens with one attached hydrogen (secondary N) is 1. The van der Waals surface area contributed by atoms with Gasteiger partial charge in [0.2, 0.25) is 5.95 Å². The first-order chi connectivity index (χ1) is 17.6. The molecule has 0 saturated heterocycles. The molecule has 184 valence electrons. The number of benzene rings is 2. The summed E-state index contributed by atoms with van der Waals surface area (Å²) in [4.78, 5) is 5.41. The Hall–Kier alpha value is -3.63. The van der Waals surface area contributed by atoms with Gasteiger partial charge in [-0.15, -0.1) is 10.2 Å². The highest BCUT2D eigenvalue weighted by molar-refractivity contribution is 7.82. The number of ether oxygens (including phenoxy) is 1. The Bertz CT molecular complexity index is 1500. The molecule has 1 atom stereocenters. The molecule has 8 nitrogen and oxygen atoms in total. The highest BCUT2D eigenvalue weighted by atomic mass is 32.2. The fourth-order valence-corrected chi connectivity index (χ4v) is 5.83. The molecule has 2 aromatic carbocycles. The van der Waals surface area contributed by atoms with Gasteiger partial charge in [-0.1, -0.05) is 23.8 Å². The number of halogens is 1. The number of nitrogens with zero attached hydrogens (tertiary/aromatic N) is 5. The molecule has 0 fully saturated rings. The number of aryl methyl sites for hydroxylation is 1. The molecule has 2 aliphatic heterocycles. The number of hydrogen-bond acceptors (Lipinski definition) is 6. The van der Waals surface area contributed by atoms with Crippen LogP contribution in [0.4, 0.5) is 10.3 Å². The van der Waals surface area contributed by atoms with Crippen molar-refractivity contribution in [3.05, 3.63) is 83.1 Å². The van der Waals surface area contributed by atoms with E-state index in [4.69, 9.17) is 4.74 Å². The largest absolute Gasteiger partial charge is 0.493 e. The van der Waals surface area contributed by atoms with Gasteiger partial charge in [-0.25, -0.2) is 17.9 Å². The van der Waals surface area contributed by atoms with Crippen LogP contribution in [-0.4, -0.2) is 47.8 Å². The van der Waals surface area contributed by atoms with E-state index in [1.54, 1.807) is 23.0 Å². The summed E-state index contributed by atoms with van der Waals surface area (Å²) < 4.78 is 36.8. The maximum atomic E-state index is 14.5. The van der Waals surface area contributed by atoms with Crippen LogP contribution in [0, 0.1) is 12.7 Å². The van der Waals surface area contributed by atoms with Crippen LogP contribution in [0.1, 0.15) is 28.7 Å². The lowest BCUT2D eigenvalue weighted by molar-refractivity contribution is 0.356. The van der Waals surface area contributed by atoms with E-state index in [2.05, 4.69) is 26.6 Å². The quantitative estimate of drug-likeness (QED) is 0.428. The van der Waals surface area contributed by atoms with Crippen LogP contribution >= 0.6 is 0 Å². The van der Waals surface area contributed by atoms with Crippen LogP contribution in [0.2, 0.25) is 0 Å². The van der Waals surface area contributed by atoms with Crippen LogP contribution < -0.4 is 10.1 Å². The van der Waals surface area contributed by atoms with Crippen molar-refractivity contribution in [1.29, 1.82) is 0 Å². The lowest BCUT2D eigenvalue weighted by Gasteiger charge is -2.25. The van der Waals surface area contributed by atoms with E-state index >= 15 is 0 Å². The average molecular weight is 505 g/mol. The van der Waals surface area contributed by atoms with Crippen LogP contribution in [0.3, 0.4) is 0 Å². The fraction of sp³-hybridized carbons (Fsp3) is 0.269. The summed E-state index contributed by atoms with van der Waals surface area (Å²) in [6.07, 6.45) is 6.87. The van der Waals surface area contributed by atoms with Gasteiger partial charge in [0.05, 0.1) is 11.5 Å². The molecule has 4 heterocycles. The lowest BCUT2D eigenvalue weighted by atomic mass is 10.0. The van der Waals surface area contributed by atoms with Crippen molar-refractivity contribution in [3.8, 4) is 5.75 Å². The third-order valence-electron chi connectivity index (χ3n) is 6.67. The molecule has 0 saturated carbocycles. The second-order valence-electron chi connectivity index (χ2n) is 8.90. The molecule has 2 aromatic heterocycles. The van der Waals surface area contributed by atoms with Crippen molar-refractivity contribution in [3.63, 3.8) is 0 Å². The molecule has 0 aliphatic carbocycles. The SMILES string of the molecule is Cc1ccc(S(=O)N2CC=C(c3cnc(NCc4c(F)ccc5c4CCO5)n4cnnc34)CC2)cc1. The van der Waals surface area contributed by atoms with Gasteiger partial charge >= 0.3 is 0 Å². The minimum absolute atomic E-state index is 0.261. The zero-order valence-electron chi connectivity index (χ0n) is 19.8. The number of hydrogen-bond donors (Lipinski definition) is 1. The molecule has 0 amide bonds. The van der Waals surface area contributed by atoms with E-state index in [1.807, 2.05) is 35.5 Å². The second-order valence-corrected chi connectivity index (χ2v) is 10.4. The van der Waals surface area contributed by atoms with E-state index in [1.165, 1.54) is 6.07 Å². The van der Waals surface area contributed by atoms with Crippen LogP contribution in [0.25, 0.3) is 11.2 Å². The smallest absolute Gasteiger partial charge is 0.210 e. The number of aromatic nitrogens is 4. The molecule has 36 heavy (non-hydrogen) atoms. The van der Waals surface area contributed by atoms with Gasteiger partial charge in [-0.3, -0.25) is 4.40 Å². The van der Waals surface area contributed by atoms with Crippen molar-refractivity contribution in [1.82, 2.24) is 23.9 Å². The van der Waals surface area contributed by atoms with Crippen molar-refractivity contribution >= 4 is 28.2 Å². The Balaban J connectivity index is 1.21. The summed E-state index contributed by atoms with van der Waals surface area (Å²) in [7, 11) is -1.21. The van der Waals surface area contributed by atoms with Gasteiger partial charge < -0.3 is 10.1 Å². The zero-order chi connectivity index (χ0) is 24.6. The van der Waals surface area contributed by atoms with E-state index in [-0.39, 0.29) is 12.4 Å². The van der Waals surface area contributed by atoms with Crippen molar-refractivity contribution < 1.29 is 13.3 Å². The highest BCUT2D eigenvalue weighted by Crippen LogP contribution is 2.31. The molecule has 6 rings (SSSR count). The minimum Gasteiger partial charge on any atom is -0.493 e. The molecule has 10 heteroatoms. The first-order valence-corrected chi connectivity index (χ1v) is 13.0. The first kappa shape index (κ1) is 22.8. The molecule has 4 aromatic rings. The number of anilines is 1. The summed E-state index contributed by atoms with van der Waals surface area (Å²) in [5.41, 5.74) is 5.29. The van der Waals surface area contributed by atoms with Crippen molar-refractivity contribution in [2.75, 3.05) is 25.0 Å². The first-order valence-electron chi connectivity index (χ1n) is 11.9. The summed E-state index contributed by atoms with van der Waals surface area (Å²) >= 11 is 0. The van der Waals surface area contributed by atoms with E-state index < -0.39 is 11.0 Å². The Morgan fingerprint density at radius 2 is 2.03 bits per heavy atom. The van der Waals surface area contributed by atoms with Gasteiger partial charge in [0, 0.05) is 48.9 Å². The summed E-state index contributed by atoms with van der Waals surface area (Å²) in [5.74, 6) is 1.02. The minimum atomic E-state index is -1.21. The molecule has 0 bridgehead atoms. The molecule has 1 N–H and O–H groups in total. The van der Waals surface area contributed by atoms with Crippen molar-refractivity contribution in [2.45, 2.75) is 31.2 Å². The number of rotatable bonds is 6.